The normalized spacial score (nSPS) is 20.7. The number of amides is 1. The Labute approximate surface area is 173 Å². The maximum absolute atomic E-state index is 12.5. The summed E-state index contributed by atoms with van der Waals surface area (Å²) in [6.45, 7) is 3.28. The van der Waals surface area contributed by atoms with Gasteiger partial charge in [-0.05, 0) is 42.7 Å². The third-order valence-electron chi connectivity index (χ3n) is 5.61. The van der Waals surface area contributed by atoms with Gasteiger partial charge >= 0.3 is 0 Å². The molecular formula is C22H24N3O3S+. The number of nitrogens with one attached hydrogen (secondary N) is 2. The van der Waals surface area contributed by atoms with Crippen molar-refractivity contribution < 1.29 is 19.2 Å². The summed E-state index contributed by atoms with van der Waals surface area (Å²) in [4.78, 5) is 18.7. The molecule has 5 rings (SSSR count). The zero-order chi connectivity index (χ0) is 19.6. The monoisotopic (exact) mass is 410 g/mol. The van der Waals surface area contributed by atoms with Crippen molar-refractivity contribution in [1.29, 1.82) is 0 Å². The molecule has 29 heavy (non-hydrogen) atoms. The van der Waals surface area contributed by atoms with Crippen LogP contribution in [0.15, 0.2) is 42.5 Å². The minimum Gasteiger partial charge on any atom is -0.454 e. The number of hydrogen-bond donors (Lipinski definition) is 2. The summed E-state index contributed by atoms with van der Waals surface area (Å²) in [6.07, 6.45) is 2.29. The lowest BCUT2D eigenvalue weighted by molar-refractivity contribution is -0.898. The van der Waals surface area contributed by atoms with E-state index in [0.29, 0.717) is 19.0 Å². The Hall–Kier alpha value is -2.64. The molecular weight excluding hydrogens is 386 g/mol. The van der Waals surface area contributed by atoms with E-state index in [-0.39, 0.29) is 12.7 Å². The predicted octanol–water partition coefficient (Wildman–Crippen LogP) is 2.10. The van der Waals surface area contributed by atoms with Gasteiger partial charge in [-0.3, -0.25) is 4.79 Å². The van der Waals surface area contributed by atoms with Crippen LogP contribution in [0.1, 0.15) is 29.3 Å². The molecule has 0 radical (unpaired) electrons. The van der Waals surface area contributed by atoms with Gasteiger partial charge in [-0.2, -0.15) is 0 Å². The molecule has 3 aromatic rings. The fourth-order valence-corrected chi connectivity index (χ4v) is 5.23. The highest BCUT2D eigenvalue weighted by Gasteiger charge is 2.28. The Kier molecular flexibility index (Phi) is 5.08. The Morgan fingerprint density at radius 1 is 1.21 bits per heavy atom. The first-order chi connectivity index (χ1) is 14.2. The molecule has 1 amide bonds. The van der Waals surface area contributed by atoms with E-state index in [1.807, 2.05) is 24.3 Å². The molecule has 2 aliphatic heterocycles. The highest BCUT2D eigenvalue weighted by Crippen LogP contribution is 2.32. The number of nitrogens with zero attached hydrogens (tertiary/aromatic N) is 1. The maximum Gasteiger partial charge on any atom is 0.275 e. The van der Waals surface area contributed by atoms with Gasteiger partial charge in [0.15, 0.2) is 18.0 Å². The lowest BCUT2D eigenvalue weighted by Crippen LogP contribution is -3.14. The van der Waals surface area contributed by atoms with Gasteiger partial charge in [0.25, 0.3) is 5.91 Å². The van der Waals surface area contributed by atoms with Crippen LogP contribution in [0.5, 0.6) is 11.5 Å². The summed E-state index contributed by atoms with van der Waals surface area (Å²) in [5.41, 5.74) is 2.10. The van der Waals surface area contributed by atoms with E-state index in [1.54, 1.807) is 11.3 Å². The molecule has 2 N–H and O–H groups in total. The van der Waals surface area contributed by atoms with Crippen molar-refractivity contribution in [2.45, 2.75) is 25.3 Å². The molecule has 2 aliphatic rings. The van der Waals surface area contributed by atoms with Gasteiger partial charge in [0.05, 0.1) is 29.2 Å². The van der Waals surface area contributed by atoms with Crippen LogP contribution in [-0.2, 0) is 11.3 Å². The predicted molar refractivity (Wildman–Crippen MR) is 112 cm³/mol. The summed E-state index contributed by atoms with van der Waals surface area (Å²) in [7, 11) is 0. The number of fused-ring (bicyclic) bond motifs is 2. The van der Waals surface area contributed by atoms with E-state index < -0.39 is 0 Å². The van der Waals surface area contributed by atoms with Crippen LogP contribution in [0.4, 0.5) is 0 Å². The molecule has 2 aromatic carbocycles. The van der Waals surface area contributed by atoms with Gasteiger partial charge in [0.2, 0.25) is 6.79 Å². The fourth-order valence-electron chi connectivity index (χ4n) is 4.13. The summed E-state index contributed by atoms with van der Waals surface area (Å²) < 4.78 is 12.0. The number of rotatable bonds is 5. The van der Waals surface area contributed by atoms with E-state index in [1.165, 1.54) is 14.6 Å². The number of hydrogen-bond acceptors (Lipinski definition) is 5. The van der Waals surface area contributed by atoms with Crippen molar-refractivity contribution in [1.82, 2.24) is 10.3 Å². The number of carbonyl (C=O) groups excluding carboxylic acids is 1. The first kappa shape index (κ1) is 18.4. The van der Waals surface area contributed by atoms with Crippen molar-refractivity contribution in [3.8, 4) is 11.5 Å². The highest BCUT2D eigenvalue weighted by molar-refractivity contribution is 7.18. The molecule has 0 saturated carbocycles. The number of thiazole rings is 1. The van der Waals surface area contributed by atoms with Crippen LogP contribution in [0, 0.1) is 0 Å². The summed E-state index contributed by atoms with van der Waals surface area (Å²) in [5, 5.41) is 4.26. The molecule has 6 nitrogen and oxygen atoms in total. The SMILES string of the molecule is O=C(C[NH+]1CCC[C@H](c2nc3ccccc3s2)C1)NCc1ccc2c(c1)OCO2. The van der Waals surface area contributed by atoms with E-state index in [2.05, 4.69) is 23.5 Å². The second kappa shape index (κ2) is 8.00. The van der Waals surface area contributed by atoms with Crippen molar-refractivity contribution in [2.75, 3.05) is 26.4 Å². The molecule has 150 valence electrons. The van der Waals surface area contributed by atoms with Crippen LogP contribution in [0.25, 0.3) is 10.2 Å². The van der Waals surface area contributed by atoms with Gasteiger partial charge in [0, 0.05) is 6.54 Å². The van der Waals surface area contributed by atoms with E-state index in [0.717, 1.165) is 48.5 Å². The van der Waals surface area contributed by atoms with Crippen LogP contribution >= 0.6 is 11.3 Å². The van der Waals surface area contributed by atoms with Crippen LogP contribution < -0.4 is 19.7 Å². The van der Waals surface area contributed by atoms with Gasteiger partial charge < -0.3 is 19.7 Å². The Morgan fingerprint density at radius 3 is 3.03 bits per heavy atom. The average molecular weight is 411 g/mol. The van der Waals surface area contributed by atoms with Crippen molar-refractivity contribution >= 4 is 27.5 Å². The third-order valence-corrected chi connectivity index (χ3v) is 6.81. The average Bonchev–Trinajstić information content (AvgIpc) is 3.39. The van der Waals surface area contributed by atoms with Crippen molar-refractivity contribution in [3.05, 3.63) is 53.0 Å². The number of piperidine rings is 1. The quantitative estimate of drug-likeness (QED) is 0.676. The largest absolute Gasteiger partial charge is 0.454 e. The molecule has 1 aromatic heterocycles. The van der Waals surface area contributed by atoms with Gasteiger partial charge in [0.1, 0.15) is 5.01 Å². The lowest BCUT2D eigenvalue weighted by Gasteiger charge is -2.28. The molecule has 2 atom stereocenters. The molecule has 0 spiro atoms. The first-order valence-electron chi connectivity index (χ1n) is 10.1. The molecule has 0 aliphatic carbocycles. The lowest BCUT2D eigenvalue weighted by atomic mass is 9.99. The zero-order valence-corrected chi connectivity index (χ0v) is 17.0. The van der Waals surface area contributed by atoms with Crippen LogP contribution in [-0.4, -0.2) is 37.3 Å². The molecule has 1 fully saturated rings. The third kappa shape index (κ3) is 4.06. The van der Waals surface area contributed by atoms with Gasteiger partial charge in [-0.1, -0.05) is 18.2 Å². The minimum absolute atomic E-state index is 0.0858. The van der Waals surface area contributed by atoms with E-state index >= 15 is 0 Å². The number of likely N-dealkylation sites (tertiary alicyclic amines) is 1. The Morgan fingerprint density at radius 2 is 2.10 bits per heavy atom. The molecule has 7 heteroatoms. The highest BCUT2D eigenvalue weighted by atomic mass is 32.1. The molecule has 1 unspecified atom stereocenters. The molecule has 1 saturated heterocycles. The number of para-hydroxylation sites is 1. The van der Waals surface area contributed by atoms with Gasteiger partial charge in [-0.15, -0.1) is 11.3 Å². The van der Waals surface area contributed by atoms with Crippen molar-refractivity contribution in [2.24, 2.45) is 0 Å². The first-order valence-corrected chi connectivity index (χ1v) is 10.9. The topological polar surface area (TPSA) is 64.9 Å². The number of benzene rings is 2. The number of quaternary nitrogens is 1. The summed E-state index contributed by atoms with van der Waals surface area (Å²) in [5.74, 6) is 2.04. The van der Waals surface area contributed by atoms with E-state index in [4.69, 9.17) is 14.5 Å². The second-order valence-corrected chi connectivity index (χ2v) is 8.77. The number of ether oxygens (including phenoxy) is 2. The van der Waals surface area contributed by atoms with E-state index in [9.17, 15) is 4.79 Å². The number of aromatic nitrogens is 1. The summed E-state index contributed by atoms with van der Waals surface area (Å²) >= 11 is 1.79. The Balaban J connectivity index is 1.16. The van der Waals surface area contributed by atoms with Crippen molar-refractivity contribution in [3.63, 3.8) is 0 Å². The second-order valence-electron chi connectivity index (χ2n) is 7.70. The van der Waals surface area contributed by atoms with Gasteiger partial charge in [-0.25, -0.2) is 4.98 Å². The zero-order valence-electron chi connectivity index (χ0n) is 16.1. The number of carbonyl (C=O) groups is 1. The molecule has 3 heterocycles. The Bertz CT molecular complexity index is 1000. The maximum atomic E-state index is 12.5. The molecule has 0 bridgehead atoms. The standard InChI is InChI=1S/C22H23N3O3S/c26-21(23-11-15-7-8-18-19(10-15)28-14-27-18)13-25-9-3-4-16(12-25)22-24-17-5-1-2-6-20(17)29-22/h1-2,5-8,10,16H,3-4,9,11-14H2,(H,23,26)/p+1/t16-/m0/s1. The van der Waals surface area contributed by atoms with Crippen LogP contribution in [0.2, 0.25) is 0 Å². The summed E-state index contributed by atoms with van der Waals surface area (Å²) in [6, 6.07) is 14.1. The minimum atomic E-state index is 0.0858. The smallest absolute Gasteiger partial charge is 0.275 e. The van der Waals surface area contributed by atoms with Crippen LogP contribution in [0.3, 0.4) is 0 Å². The fraction of sp³-hybridized carbons (Fsp3) is 0.364.